The van der Waals surface area contributed by atoms with Gasteiger partial charge in [0, 0.05) is 10.9 Å². The van der Waals surface area contributed by atoms with E-state index in [4.69, 9.17) is 9.16 Å². The Morgan fingerprint density at radius 1 is 1.26 bits per heavy atom. The molecule has 3 unspecified atom stereocenters. The molecule has 8 nitrogen and oxygen atoms in total. The number of nitrogens with one attached hydrogen (secondary N) is 1. The van der Waals surface area contributed by atoms with Crippen molar-refractivity contribution < 1.29 is 28.1 Å². The average molecular weight is 594 g/mol. The molecule has 2 heterocycles. The van der Waals surface area contributed by atoms with Crippen molar-refractivity contribution in [3.8, 4) is 5.75 Å². The van der Waals surface area contributed by atoms with Gasteiger partial charge in [0.15, 0.2) is 16.8 Å². The number of hydrogen-bond acceptors (Lipinski definition) is 6. The van der Waals surface area contributed by atoms with Gasteiger partial charge in [-0.2, -0.15) is 0 Å². The molecule has 1 aromatic carbocycles. The van der Waals surface area contributed by atoms with Gasteiger partial charge in [0.25, 0.3) is 11.8 Å². The fourth-order valence-corrected chi connectivity index (χ4v) is 7.68. The largest absolute Gasteiger partial charge is 0.614 e. The number of ether oxygens (including phenoxy) is 1. The van der Waals surface area contributed by atoms with Crippen molar-refractivity contribution in [2.24, 2.45) is 0 Å². The molecular weight excluding hydrogens is 572 g/mol. The van der Waals surface area contributed by atoms with E-state index in [-0.39, 0.29) is 17.6 Å². The molecule has 2 aliphatic heterocycles. The van der Waals surface area contributed by atoms with Crippen molar-refractivity contribution in [1.29, 1.82) is 0 Å². The van der Waals surface area contributed by atoms with Crippen LogP contribution in [-0.2, 0) is 30.0 Å². The summed E-state index contributed by atoms with van der Waals surface area (Å²) >= 11 is 5.11. The Kier molecular flexibility index (Phi) is 7.57. The van der Waals surface area contributed by atoms with Crippen molar-refractivity contribution in [3.63, 3.8) is 0 Å². The standard InChI is InChI=1S/C19H22Br2N2O6SSi/c1-31(2,3)29-19(26)15-12(9-20)16(21)30(27)18-14(17(25)23(15)18)22-13(24)10-28-11-7-5-4-6-8-11/h4-8,14,16,18H,9-10H2,1-3H3,(H,22,24)/t14?,16?,18-,30?/m0/s1. The van der Waals surface area contributed by atoms with E-state index in [1.807, 2.05) is 25.7 Å². The lowest BCUT2D eigenvalue weighted by Crippen LogP contribution is -2.75. The molecule has 168 valence electrons. The van der Waals surface area contributed by atoms with Gasteiger partial charge in [-0.05, 0) is 58.9 Å². The molecule has 31 heavy (non-hydrogen) atoms. The van der Waals surface area contributed by atoms with Crippen molar-refractivity contribution in [3.05, 3.63) is 41.6 Å². The molecule has 0 aromatic heterocycles. The first kappa shape index (κ1) is 24.3. The number of halogens is 2. The molecule has 12 heteroatoms. The first-order chi connectivity index (χ1) is 14.5. The highest BCUT2D eigenvalue weighted by atomic mass is 79.9. The predicted molar refractivity (Wildman–Crippen MR) is 126 cm³/mol. The van der Waals surface area contributed by atoms with Gasteiger partial charge in [-0.3, -0.25) is 14.5 Å². The predicted octanol–water partition coefficient (Wildman–Crippen LogP) is 2.23. The first-order valence-electron chi connectivity index (χ1n) is 9.41. The third-order valence-electron chi connectivity index (χ3n) is 4.47. The van der Waals surface area contributed by atoms with Gasteiger partial charge >= 0.3 is 5.97 Å². The monoisotopic (exact) mass is 592 g/mol. The lowest BCUT2D eigenvalue weighted by molar-refractivity contribution is -0.150. The minimum atomic E-state index is -2.24. The number of β-lactam (4-membered cyclic amide) rings is 1. The zero-order chi connectivity index (χ0) is 22.9. The summed E-state index contributed by atoms with van der Waals surface area (Å²) in [5.74, 6) is -1.13. The molecule has 4 atom stereocenters. The van der Waals surface area contributed by atoms with E-state index in [0.29, 0.717) is 11.3 Å². The van der Waals surface area contributed by atoms with Crippen LogP contribution in [0, 0.1) is 0 Å². The van der Waals surface area contributed by atoms with Crippen LogP contribution in [0.5, 0.6) is 5.75 Å². The molecule has 3 rings (SSSR count). The van der Waals surface area contributed by atoms with Crippen LogP contribution in [0.15, 0.2) is 41.6 Å². The van der Waals surface area contributed by atoms with Crippen LogP contribution >= 0.6 is 31.9 Å². The molecule has 0 saturated carbocycles. The Bertz CT molecular complexity index is 910. The number of carbonyl (C=O) groups excluding carboxylic acids is 3. The van der Waals surface area contributed by atoms with Crippen LogP contribution < -0.4 is 10.1 Å². The molecular formula is C19H22Br2N2O6SSi. The van der Waals surface area contributed by atoms with Crippen LogP contribution in [0.1, 0.15) is 0 Å². The smallest absolute Gasteiger partial charge is 0.342 e. The molecule has 1 N–H and O–H groups in total. The fraction of sp³-hybridized carbons (Fsp3) is 0.421. The number of para-hydroxylation sites is 1. The Balaban J connectivity index is 1.76. The van der Waals surface area contributed by atoms with Crippen LogP contribution in [0.25, 0.3) is 0 Å². The summed E-state index contributed by atoms with van der Waals surface area (Å²) in [5.41, 5.74) is 0.560. The summed E-state index contributed by atoms with van der Waals surface area (Å²) in [6.07, 6.45) is 0. The molecule has 0 aliphatic carbocycles. The quantitative estimate of drug-likeness (QED) is 0.225. The van der Waals surface area contributed by atoms with E-state index >= 15 is 0 Å². The summed E-state index contributed by atoms with van der Waals surface area (Å²) in [4.78, 5) is 39.3. The van der Waals surface area contributed by atoms with Crippen molar-refractivity contribution >= 4 is 69.1 Å². The van der Waals surface area contributed by atoms with E-state index in [1.165, 1.54) is 4.90 Å². The molecule has 0 radical (unpaired) electrons. The maximum absolute atomic E-state index is 13.0. The minimum absolute atomic E-state index is 0.0850. The van der Waals surface area contributed by atoms with Crippen LogP contribution in [-0.4, -0.2) is 63.1 Å². The lowest BCUT2D eigenvalue weighted by Gasteiger charge is -2.50. The maximum atomic E-state index is 13.0. The van der Waals surface area contributed by atoms with E-state index in [1.54, 1.807) is 24.3 Å². The Labute approximate surface area is 201 Å². The molecule has 1 fully saturated rings. The van der Waals surface area contributed by atoms with Crippen LogP contribution in [0.2, 0.25) is 19.6 Å². The maximum Gasteiger partial charge on any atom is 0.342 e. The van der Waals surface area contributed by atoms with E-state index in [9.17, 15) is 18.9 Å². The topological polar surface area (TPSA) is 108 Å². The molecule has 0 bridgehead atoms. The second kappa shape index (κ2) is 9.65. The number of amides is 2. The number of hydrogen-bond donors (Lipinski definition) is 1. The van der Waals surface area contributed by atoms with E-state index in [2.05, 4.69) is 37.2 Å². The average Bonchev–Trinajstić information content (AvgIpc) is 2.71. The number of carbonyl (C=O) groups is 3. The van der Waals surface area contributed by atoms with Gasteiger partial charge in [0.2, 0.25) is 13.7 Å². The molecule has 2 amide bonds. The Hall–Kier alpha value is -1.34. The number of rotatable bonds is 7. The third kappa shape index (κ3) is 5.19. The van der Waals surface area contributed by atoms with Crippen molar-refractivity contribution in [2.45, 2.75) is 35.2 Å². The van der Waals surface area contributed by atoms with Gasteiger partial charge in [0.05, 0.1) is 0 Å². The number of alkyl halides is 2. The van der Waals surface area contributed by atoms with Gasteiger partial charge in [-0.1, -0.05) is 34.1 Å². The normalized spacial score (nSPS) is 25.5. The zero-order valence-corrected chi connectivity index (χ0v) is 22.1. The number of fused-ring (bicyclic) bond motifs is 1. The zero-order valence-electron chi connectivity index (χ0n) is 17.1. The third-order valence-corrected chi connectivity index (χ3v) is 9.18. The summed E-state index contributed by atoms with van der Waals surface area (Å²) in [7, 11) is -2.24. The lowest BCUT2D eigenvalue weighted by atomic mass is 10.0. The number of nitrogens with zero attached hydrogens (tertiary/aromatic N) is 1. The van der Waals surface area contributed by atoms with E-state index in [0.717, 1.165) is 0 Å². The fourth-order valence-electron chi connectivity index (χ4n) is 3.16. The molecule has 1 saturated heterocycles. The summed E-state index contributed by atoms with van der Waals surface area (Å²) in [6, 6.07) is 7.77. The van der Waals surface area contributed by atoms with Gasteiger partial charge in [-0.25, -0.2) is 4.79 Å². The van der Waals surface area contributed by atoms with E-state index < -0.39 is 52.9 Å². The van der Waals surface area contributed by atoms with Crippen LogP contribution in [0.3, 0.4) is 0 Å². The highest BCUT2D eigenvalue weighted by molar-refractivity contribution is 9.11. The molecule has 1 aromatic rings. The first-order valence-corrected chi connectivity index (χ1v) is 16.1. The summed E-state index contributed by atoms with van der Waals surface area (Å²) in [6.45, 7) is 5.28. The SMILES string of the molecule is C[Si](C)(C)OC(=O)C1=C(CBr)C(Br)[S+]([O-])[C@H]2C(NC(=O)COc3ccccc3)C(=O)N12. The molecule has 2 aliphatic rings. The van der Waals surface area contributed by atoms with Crippen LogP contribution in [0.4, 0.5) is 0 Å². The Morgan fingerprint density at radius 3 is 2.48 bits per heavy atom. The summed E-state index contributed by atoms with van der Waals surface area (Å²) in [5, 5.41) is 1.95. The second-order valence-corrected chi connectivity index (χ2v) is 16.0. The van der Waals surface area contributed by atoms with Gasteiger partial charge in [-0.15, -0.1) is 0 Å². The summed E-state index contributed by atoms with van der Waals surface area (Å²) < 4.78 is 23.3. The molecule has 0 spiro atoms. The highest BCUT2D eigenvalue weighted by Crippen LogP contribution is 2.43. The second-order valence-electron chi connectivity index (χ2n) is 7.90. The van der Waals surface area contributed by atoms with Crippen molar-refractivity contribution in [2.75, 3.05) is 11.9 Å². The Morgan fingerprint density at radius 2 is 1.90 bits per heavy atom. The van der Waals surface area contributed by atoms with Crippen molar-refractivity contribution in [1.82, 2.24) is 10.2 Å². The minimum Gasteiger partial charge on any atom is -0.614 e. The highest BCUT2D eigenvalue weighted by Gasteiger charge is 2.63. The van der Waals surface area contributed by atoms with Gasteiger partial charge in [0.1, 0.15) is 11.4 Å². The van der Waals surface area contributed by atoms with Gasteiger partial charge < -0.3 is 19.0 Å². The number of benzene rings is 1.